The van der Waals surface area contributed by atoms with Crippen molar-refractivity contribution in [3.8, 4) is 0 Å². The smallest absolute Gasteiger partial charge is 0.329 e. The van der Waals surface area contributed by atoms with Gasteiger partial charge in [-0.2, -0.15) is 0 Å². The van der Waals surface area contributed by atoms with Crippen LogP contribution in [-0.4, -0.2) is 113 Å². The molecule has 0 aromatic heterocycles. The van der Waals surface area contributed by atoms with Crippen LogP contribution in [0.1, 0.15) is 105 Å². The molecule has 12 nitrogen and oxygen atoms in total. The number of rotatable bonds is 20. The van der Waals surface area contributed by atoms with E-state index in [0.29, 0.717) is 57.8 Å². The fourth-order valence-electron chi connectivity index (χ4n) is 8.59. The molecule has 1 saturated carbocycles. The third-order valence-electron chi connectivity index (χ3n) is 12.0. The topological polar surface area (TPSA) is 169 Å². The number of aliphatic hydroxyl groups is 3. The highest BCUT2D eigenvalue weighted by Gasteiger charge is 2.54. The molecule has 1 aliphatic carbocycles. The van der Waals surface area contributed by atoms with Gasteiger partial charge in [-0.05, 0) is 89.4 Å². The van der Waals surface area contributed by atoms with E-state index in [9.17, 15) is 34.5 Å². The van der Waals surface area contributed by atoms with E-state index in [2.05, 4.69) is 13.2 Å². The molecule has 0 bridgehead atoms. The molecule has 3 rings (SSSR count). The van der Waals surface area contributed by atoms with Gasteiger partial charge in [-0.15, -0.1) is 13.2 Å². The highest BCUT2D eigenvalue weighted by atomic mass is 16.6. The van der Waals surface area contributed by atoms with Crippen LogP contribution in [0.5, 0.6) is 0 Å². The van der Waals surface area contributed by atoms with Crippen LogP contribution >= 0.6 is 0 Å². The van der Waals surface area contributed by atoms with Crippen LogP contribution in [0.15, 0.2) is 37.5 Å². The molecular formula is C42H67NO11. The summed E-state index contributed by atoms with van der Waals surface area (Å²) in [6, 6.07) is -1.10. The van der Waals surface area contributed by atoms with E-state index in [-0.39, 0.29) is 49.0 Å². The third-order valence-corrected chi connectivity index (χ3v) is 12.0. The van der Waals surface area contributed by atoms with Crippen molar-refractivity contribution in [2.45, 2.75) is 153 Å². The van der Waals surface area contributed by atoms with E-state index in [1.807, 2.05) is 13.8 Å². The quantitative estimate of drug-likeness (QED) is 0.0880. The highest BCUT2D eigenvalue weighted by Crippen LogP contribution is 2.38. The minimum absolute atomic E-state index is 0.112. The van der Waals surface area contributed by atoms with Gasteiger partial charge in [0.25, 0.3) is 11.7 Å². The van der Waals surface area contributed by atoms with Gasteiger partial charge in [-0.3, -0.25) is 14.4 Å². The zero-order valence-corrected chi connectivity index (χ0v) is 33.4. The number of ether oxygens (including phenoxy) is 4. The average Bonchev–Trinajstić information content (AvgIpc) is 3.16. The van der Waals surface area contributed by atoms with E-state index in [1.54, 1.807) is 45.3 Å². The maximum Gasteiger partial charge on any atom is 0.329 e. The number of hydrogen-bond acceptors (Lipinski definition) is 11. The number of ketones is 2. The summed E-state index contributed by atoms with van der Waals surface area (Å²) in [6.45, 7) is 14.8. The van der Waals surface area contributed by atoms with Gasteiger partial charge < -0.3 is 39.2 Å². The zero-order valence-electron chi connectivity index (χ0n) is 33.4. The van der Waals surface area contributed by atoms with Gasteiger partial charge in [0.15, 0.2) is 0 Å². The van der Waals surface area contributed by atoms with Gasteiger partial charge in [0.1, 0.15) is 24.0 Å². The Morgan fingerprint density at radius 2 is 1.70 bits per heavy atom. The lowest BCUT2D eigenvalue weighted by Gasteiger charge is -2.43. The molecule has 306 valence electrons. The van der Waals surface area contributed by atoms with Crippen LogP contribution in [0.2, 0.25) is 0 Å². The van der Waals surface area contributed by atoms with E-state index in [1.165, 1.54) is 12.0 Å². The second-order valence-electron chi connectivity index (χ2n) is 15.9. The first-order valence-electron chi connectivity index (χ1n) is 19.9. The Hall–Kier alpha value is -2.74. The monoisotopic (exact) mass is 761 g/mol. The van der Waals surface area contributed by atoms with Gasteiger partial charge in [-0.1, -0.05) is 45.1 Å². The fourth-order valence-corrected chi connectivity index (χ4v) is 8.59. The van der Waals surface area contributed by atoms with Crippen molar-refractivity contribution in [1.82, 2.24) is 4.90 Å². The first kappa shape index (κ1) is 45.6. The number of esters is 1. The molecule has 2 saturated heterocycles. The zero-order chi connectivity index (χ0) is 40.2. The molecular weight excluding hydrogens is 694 g/mol. The molecule has 12 atom stereocenters. The Bertz CT molecular complexity index is 1290. The summed E-state index contributed by atoms with van der Waals surface area (Å²) in [4.78, 5) is 56.6. The van der Waals surface area contributed by atoms with E-state index >= 15 is 0 Å². The van der Waals surface area contributed by atoms with Crippen LogP contribution < -0.4 is 0 Å². The summed E-state index contributed by atoms with van der Waals surface area (Å²) in [5.74, 6) is -7.25. The molecule has 0 spiro atoms. The number of piperidine rings is 1. The molecule has 54 heavy (non-hydrogen) atoms. The molecule has 0 unspecified atom stereocenters. The summed E-state index contributed by atoms with van der Waals surface area (Å²) < 4.78 is 23.3. The molecule has 0 radical (unpaired) electrons. The Labute approximate surface area is 322 Å². The number of hydrogen-bond donors (Lipinski definition) is 3. The Kier molecular flexibility index (Phi) is 18.2. The number of likely N-dealkylation sites (tertiary alicyclic amines) is 1. The fraction of sp³-hybridized carbons (Fsp3) is 0.762. The first-order chi connectivity index (χ1) is 25.7. The molecule has 1 amide bonds. The Morgan fingerprint density at radius 3 is 2.31 bits per heavy atom. The minimum atomic E-state index is -2.41. The Balaban J connectivity index is 1.86. The van der Waals surface area contributed by atoms with Crippen molar-refractivity contribution in [2.24, 2.45) is 29.6 Å². The van der Waals surface area contributed by atoms with Crippen molar-refractivity contribution in [3.63, 3.8) is 0 Å². The number of nitrogens with zero attached hydrogens (tertiary/aromatic N) is 1. The number of carbonyl (C=O) groups excluding carboxylic acids is 4. The van der Waals surface area contributed by atoms with Crippen molar-refractivity contribution >= 4 is 23.4 Å². The molecule has 3 fully saturated rings. The van der Waals surface area contributed by atoms with E-state index in [0.717, 1.165) is 6.42 Å². The van der Waals surface area contributed by atoms with Crippen LogP contribution in [0.3, 0.4) is 0 Å². The summed E-state index contributed by atoms with van der Waals surface area (Å²) >= 11 is 0. The molecule has 2 aliphatic heterocycles. The van der Waals surface area contributed by atoms with Gasteiger partial charge >= 0.3 is 5.97 Å². The summed E-state index contributed by atoms with van der Waals surface area (Å²) in [6.07, 6.45) is 8.50. The molecule has 0 aromatic rings. The number of allylic oxidation sites excluding steroid dienone is 3. The maximum absolute atomic E-state index is 14.2. The lowest BCUT2D eigenvalue weighted by atomic mass is 9.76. The highest BCUT2D eigenvalue weighted by molar-refractivity contribution is 6.39. The number of carbonyl (C=O) groups is 4. The number of methoxy groups -OCH3 is 2. The molecule has 12 heteroatoms. The second-order valence-corrected chi connectivity index (χ2v) is 15.9. The number of aliphatic hydroxyl groups excluding tert-OH is 2. The van der Waals surface area contributed by atoms with Gasteiger partial charge in [0.2, 0.25) is 5.79 Å². The molecule has 3 aliphatic rings. The van der Waals surface area contributed by atoms with Crippen molar-refractivity contribution in [3.05, 3.63) is 37.5 Å². The minimum Gasteiger partial charge on any atom is -0.460 e. The predicted octanol–water partition coefficient (Wildman–Crippen LogP) is 4.87. The van der Waals surface area contributed by atoms with Gasteiger partial charge in [0.05, 0.1) is 24.4 Å². The first-order valence-corrected chi connectivity index (χ1v) is 19.9. The molecule has 2 heterocycles. The normalized spacial score (nSPS) is 30.6. The summed E-state index contributed by atoms with van der Waals surface area (Å²) in [5.41, 5.74) is 0. The van der Waals surface area contributed by atoms with Crippen molar-refractivity contribution in [2.75, 3.05) is 20.8 Å². The summed E-state index contributed by atoms with van der Waals surface area (Å²) in [7, 11) is 3.08. The maximum atomic E-state index is 14.2. The average molecular weight is 762 g/mol. The summed E-state index contributed by atoms with van der Waals surface area (Å²) in [5, 5.41) is 33.5. The number of amides is 1. The largest absolute Gasteiger partial charge is 0.460 e. The van der Waals surface area contributed by atoms with E-state index < -0.39 is 71.8 Å². The van der Waals surface area contributed by atoms with Gasteiger partial charge in [-0.25, -0.2) is 4.79 Å². The van der Waals surface area contributed by atoms with Crippen molar-refractivity contribution in [1.29, 1.82) is 0 Å². The molecule has 0 aromatic carbocycles. The second kappa shape index (κ2) is 21.5. The third kappa shape index (κ3) is 11.4. The Morgan fingerprint density at radius 1 is 1.02 bits per heavy atom. The van der Waals surface area contributed by atoms with Crippen LogP contribution in [0.4, 0.5) is 0 Å². The van der Waals surface area contributed by atoms with Crippen LogP contribution in [0, 0.1) is 29.6 Å². The molecule has 3 N–H and O–H groups in total. The van der Waals surface area contributed by atoms with Gasteiger partial charge in [0, 0.05) is 44.9 Å². The SMILES string of the molecule is C=CCC(CC=C)C(=O)C[C@H](O)[C@@H](C)[C@H](OC(=O)[C@@H]1CCCCN1C(=O)C(=O)[C@]1(O)O[C@H]([C@H](/C=C\C)OC)CC[C@H]1C)[C@H](C)C[C@@H]1CC[C@@H](O)[C@H](OC)C1. The van der Waals surface area contributed by atoms with Crippen molar-refractivity contribution < 1.29 is 53.4 Å². The lowest BCUT2D eigenvalue weighted by molar-refractivity contribution is -0.273. The van der Waals surface area contributed by atoms with Crippen LogP contribution in [-0.2, 0) is 38.1 Å². The predicted molar refractivity (Wildman–Crippen MR) is 204 cm³/mol. The van der Waals surface area contributed by atoms with Crippen LogP contribution in [0.25, 0.3) is 0 Å². The standard InChI is InChI=1S/C42H67NO11/c1-9-14-30(15-10-2)34(46)25-33(45)28(6)38(26(4)23-29-19-20-32(44)37(24-29)52-8)53-41(49)31-17-12-13-22-43(31)40(48)39(47)42(50)27(5)18-21-36(54-42)35(51-7)16-11-3/h9-11,16,26-33,35-38,44-45,50H,1-2,12-15,17-25H2,3-8H3/b16-11-/t26-,27-,28-,29+,31+,32-,33+,35+,36+,37-,38-,42-/m1/s1. The van der Waals surface area contributed by atoms with E-state index in [4.69, 9.17) is 18.9 Å². The number of Topliss-reactive ketones (excluding diaryl/α,β-unsaturated/α-hetero) is 2. The lowest BCUT2D eigenvalue weighted by Crippen LogP contribution is -2.61.